The zero-order chi connectivity index (χ0) is 22.8. The smallest absolute Gasteiger partial charge is 0.410 e. The number of piperazine rings is 1. The quantitative estimate of drug-likeness (QED) is 0.649. The Bertz CT molecular complexity index is 689. The maximum absolute atomic E-state index is 12.7. The van der Waals surface area contributed by atoms with Crippen molar-refractivity contribution < 1.29 is 14.3 Å². The zero-order valence-corrected chi connectivity index (χ0v) is 20.4. The summed E-state index contributed by atoms with van der Waals surface area (Å²) in [7, 11) is 0. The van der Waals surface area contributed by atoms with Crippen LogP contribution in [0.4, 0.5) is 9.59 Å². The predicted molar refractivity (Wildman–Crippen MR) is 123 cm³/mol. The third kappa shape index (κ3) is 5.73. The average Bonchev–Trinajstić information content (AvgIpc) is 2.70. The number of fused-ring (bicyclic) bond motifs is 1. The van der Waals surface area contributed by atoms with Gasteiger partial charge in [0.05, 0.1) is 0 Å². The lowest BCUT2D eigenvalue weighted by molar-refractivity contribution is -0.00995. The molecular formula is C24H42N4O3. The van der Waals surface area contributed by atoms with E-state index >= 15 is 0 Å². The highest BCUT2D eigenvalue weighted by Crippen LogP contribution is 2.59. The van der Waals surface area contributed by atoms with Gasteiger partial charge < -0.3 is 19.9 Å². The maximum Gasteiger partial charge on any atom is 0.410 e. The Kier molecular flexibility index (Phi) is 7.24. The average molecular weight is 435 g/mol. The van der Waals surface area contributed by atoms with Crippen molar-refractivity contribution in [2.75, 3.05) is 52.4 Å². The lowest BCUT2D eigenvalue weighted by atomic mass is 9.49. The van der Waals surface area contributed by atoms with Crippen LogP contribution < -0.4 is 5.32 Å². The Morgan fingerprint density at radius 2 is 1.90 bits per heavy atom. The number of carbonyl (C=O) groups is 2. The minimum Gasteiger partial charge on any atom is -0.444 e. The molecule has 1 N–H and O–H groups in total. The van der Waals surface area contributed by atoms with Crippen molar-refractivity contribution in [1.82, 2.24) is 20.0 Å². The molecule has 3 amide bonds. The van der Waals surface area contributed by atoms with Crippen LogP contribution in [0.1, 0.15) is 54.4 Å². The molecule has 1 aliphatic heterocycles. The van der Waals surface area contributed by atoms with E-state index < -0.39 is 5.60 Å². The summed E-state index contributed by atoms with van der Waals surface area (Å²) in [6.45, 7) is 18.2. The molecule has 0 aromatic rings. The van der Waals surface area contributed by atoms with Crippen LogP contribution >= 0.6 is 0 Å². The number of nitrogens with zero attached hydrogens (tertiary/aromatic N) is 3. The van der Waals surface area contributed by atoms with Gasteiger partial charge in [0.15, 0.2) is 0 Å². The van der Waals surface area contributed by atoms with Gasteiger partial charge in [-0.2, -0.15) is 0 Å². The fourth-order valence-corrected chi connectivity index (χ4v) is 5.13. The van der Waals surface area contributed by atoms with Crippen molar-refractivity contribution in [2.24, 2.45) is 17.3 Å². The summed E-state index contributed by atoms with van der Waals surface area (Å²) in [5, 5.41) is 2.99. The molecule has 2 fully saturated rings. The number of allylic oxidation sites excluding steroid dienone is 1. The fraction of sp³-hybridized carbons (Fsp3) is 0.833. The summed E-state index contributed by atoms with van der Waals surface area (Å²) in [5.41, 5.74) is 1.34. The van der Waals surface area contributed by atoms with Crippen molar-refractivity contribution in [3.05, 3.63) is 11.6 Å². The molecule has 0 aromatic carbocycles. The van der Waals surface area contributed by atoms with E-state index in [1.54, 1.807) is 4.90 Å². The summed E-state index contributed by atoms with van der Waals surface area (Å²) >= 11 is 0. The van der Waals surface area contributed by atoms with E-state index in [4.69, 9.17) is 4.74 Å². The molecule has 0 spiro atoms. The number of hydrogen-bond donors (Lipinski definition) is 1. The van der Waals surface area contributed by atoms with Gasteiger partial charge in [-0.25, -0.2) is 9.59 Å². The maximum atomic E-state index is 12.7. The molecule has 1 saturated heterocycles. The fourth-order valence-electron chi connectivity index (χ4n) is 5.13. The topological polar surface area (TPSA) is 65.1 Å². The van der Waals surface area contributed by atoms with Gasteiger partial charge in [-0.05, 0) is 57.8 Å². The molecule has 3 aliphatic carbocycles. The minimum absolute atomic E-state index is 0.0232. The largest absolute Gasteiger partial charge is 0.444 e. The molecular weight excluding hydrogens is 392 g/mol. The van der Waals surface area contributed by atoms with E-state index in [0.717, 1.165) is 38.5 Å². The summed E-state index contributed by atoms with van der Waals surface area (Å²) in [6, 6.07) is 0.0232. The second-order valence-electron chi connectivity index (χ2n) is 10.9. The number of ether oxygens (including phenoxy) is 1. The highest BCUT2D eigenvalue weighted by molar-refractivity contribution is 5.74. The van der Waals surface area contributed by atoms with Crippen molar-refractivity contribution in [1.29, 1.82) is 0 Å². The molecule has 2 atom stereocenters. The number of carbonyl (C=O) groups excluding carboxylic acids is 2. The van der Waals surface area contributed by atoms with E-state index in [1.807, 2.05) is 32.6 Å². The Morgan fingerprint density at radius 3 is 2.45 bits per heavy atom. The van der Waals surface area contributed by atoms with Gasteiger partial charge in [0.2, 0.25) is 0 Å². The first kappa shape index (κ1) is 23.9. The van der Waals surface area contributed by atoms with Gasteiger partial charge in [-0.1, -0.05) is 25.5 Å². The van der Waals surface area contributed by atoms with E-state index in [1.165, 1.54) is 12.0 Å². The summed E-state index contributed by atoms with van der Waals surface area (Å²) in [5.74, 6) is 1.42. The molecule has 7 heteroatoms. The van der Waals surface area contributed by atoms with Crippen molar-refractivity contribution in [3.63, 3.8) is 0 Å². The Morgan fingerprint density at radius 1 is 1.23 bits per heavy atom. The van der Waals surface area contributed by atoms with Crippen LogP contribution in [0, 0.1) is 17.3 Å². The molecule has 31 heavy (non-hydrogen) atoms. The lowest BCUT2D eigenvalue weighted by Gasteiger charge is -2.57. The number of rotatable bonds is 6. The van der Waals surface area contributed by atoms with Crippen molar-refractivity contribution in [3.8, 4) is 0 Å². The summed E-state index contributed by atoms with van der Waals surface area (Å²) < 4.78 is 5.49. The van der Waals surface area contributed by atoms with Gasteiger partial charge in [-0.15, -0.1) is 0 Å². The van der Waals surface area contributed by atoms with Gasteiger partial charge >= 0.3 is 12.1 Å². The van der Waals surface area contributed by atoms with Crippen LogP contribution in [0.25, 0.3) is 0 Å². The minimum atomic E-state index is -0.468. The van der Waals surface area contributed by atoms with Crippen LogP contribution in [0.15, 0.2) is 11.6 Å². The molecule has 176 valence electrons. The highest BCUT2D eigenvalue weighted by Gasteiger charge is 2.51. The van der Waals surface area contributed by atoms with Crippen molar-refractivity contribution in [2.45, 2.75) is 60.0 Å². The first-order valence-electron chi connectivity index (χ1n) is 11.9. The van der Waals surface area contributed by atoms with Gasteiger partial charge in [0.1, 0.15) is 5.60 Å². The molecule has 4 rings (SSSR count). The Labute approximate surface area is 188 Å². The van der Waals surface area contributed by atoms with Crippen LogP contribution in [0.2, 0.25) is 0 Å². The number of urea groups is 1. The highest BCUT2D eigenvalue weighted by atomic mass is 16.6. The SMILES string of the molecule is CCNC(=O)N(CCN1CCN(C(=O)OC(C)(C)C)CC1)CC1=CCC2CC1C2(C)C. The molecule has 1 heterocycles. The molecule has 7 nitrogen and oxygen atoms in total. The Hall–Kier alpha value is -1.76. The lowest BCUT2D eigenvalue weighted by Crippen LogP contribution is -2.53. The second kappa shape index (κ2) is 9.39. The van der Waals surface area contributed by atoms with Crippen molar-refractivity contribution >= 4 is 12.1 Å². The van der Waals surface area contributed by atoms with E-state index in [9.17, 15) is 9.59 Å². The number of nitrogens with one attached hydrogen (secondary N) is 1. The molecule has 0 aromatic heterocycles. The molecule has 0 radical (unpaired) electrons. The molecule has 2 unspecified atom stereocenters. The normalized spacial score (nSPS) is 25.4. The zero-order valence-electron chi connectivity index (χ0n) is 20.4. The van der Waals surface area contributed by atoms with Crippen LogP contribution in [-0.4, -0.2) is 84.8 Å². The monoisotopic (exact) mass is 434 g/mol. The van der Waals surface area contributed by atoms with E-state index in [-0.39, 0.29) is 12.1 Å². The third-order valence-electron chi connectivity index (χ3n) is 7.28. The number of hydrogen-bond acceptors (Lipinski definition) is 4. The number of amides is 3. The van der Waals surface area contributed by atoms with E-state index in [0.29, 0.717) is 37.5 Å². The van der Waals surface area contributed by atoms with Crippen LogP contribution in [-0.2, 0) is 4.74 Å². The van der Waals surface area contributed by atoms with Gasteiger partial charge in [-0.3, -0.25) is 4.90 Å². The van der Waals surface area contributed by atoms with Gasteiger partial charge in [0.25, 0.3) is 0 Å². The van der Waals surface area contributed by atoms with Crippen LogP contribution in [0.3, 0.4) is 0 Å². The molecule has 4 aliphatic rings. The predicted octanol–water partition coefficient (Wildman–Crippen LogP) is 3.56. The van der Waals surface area contributed by atoms with Gasteiger partial charge in [0, 0.05) is 52.4 Å². The second-order valence-corrected chi connectivity index (χ2v) is 10.9. The summed E-state index contributed by atoms with van der Waals surface area (Å²) in [6.07, 6.45) is 4.57. The first-order chi connectivity index (χ1) is 14.5. The van der Waals surface area contributed by atoms with E-state index in [2.05, 4.69) is 30.1 Å². The first-order valence-corrected chi connectivity index (χ1v) is 11.9. The Balaban J connectivity index is 1.51. The standard InChI is InChI=1S/C24H42N4O3/c1-7-25-21(29)28(17-18-8-9-19-16-20(18)24(19,5)6)15-12-26-10-13-27(14-11-26)22(30)31-23(2,3)4/h8,19-20H,7,9-17H2,1-6H3,(H,25,29). The van der Waals surface area contributed by atoms with Crippen LogP contribution in [0.5, 0.6) is 0 Å². The molecule has 2 bridgehead atoms. The summed E-state index contributed by atoms with van der Waals surface area (Å²) in [4.78, 5) is 31.1. The molecule has 1 saturated carbocycles. The third-order valence-corrected chi connectivity index (χ3v) is 7.28.